The molecule has 2 saturated carbocycles. The van der Waals surface area contributed by atoms with Gasteiger partial charge in [-0.1, -0.05) is 11.6 Å². The molecule has 17 heavy (non-hydrogen) atoms. The van der Waals surface area contributed by atoms with Gasteiger partial charge in [0.1, 0.15) is 5.15 Å². The first-order valence-corrected chi connectivity index (χ1v) is 6.77. The Hall–Kier alpha value is -0.960. The minimum absolute atomic E-state index is 0.533. The minimum atomic E-state index is 0.533. The van der Waals surface area contributed by atoms with Crippen LogP contribution in [0.2, 0.25) is 5.15 Å². The van der Waals surface area contributed by atoms with Gasteiger partial charge in [-0.15, -0.1) is 0 Å². The number of pyridine rings is 1. The van der Waals surface area contributed by atoms with E-state index in [2.05, 4.69) is 9.88 Å². The van der Waals surface area contributed by atoms with E-state index in [-0.39, 0.29) is 0 Å². The van der Waals surface area contributed by atoms with E-state index in [4.69, 9.17) is 17.3 Å². The lowest BCUT2D eigenvalue weighted by Gasteiger charge is -2.25. The van der Waals surface area contributed by atoms with Crippen molar-refractivity contribution in [1.82, 2.24) is 4.98 Å². The van der Waals surface area contributed by atoms with E-state index in [0.717, 1.165) is 36.4 Å². The molecule has 2 fully saturated rings. The summed E-state index contributed by atoms with van der Waals surface area (Å²) in [6, 6.07) is 3.62. The first-order valence-electron chi connectivity index (χ1n) is 6.39. The van der Waals surface area contributed by atoms with Gasteiger partial charge in [0.2, 0.25) is 0 Å². The van der Waals surface area contributed by atoms with Gasteiger partial charge in [0.15, 0.2) is 5.82 Å². The molecule has 0 saturated heterocycles. The van der Waals surface area contributed by atoms with Gasteiger partial charge in [-0.2, -0.15) is 0 Å². The number of anilines is 2. The van der Waals surface area contributed by atoms with Gasteiger partial charge in [0, 0.05) is 13.1 Å². The second kappa shape index (κ2) is 4.37. The first kappa shape index (κ1) is 11.1. The lowest BCUT2D eigenvalue weighted by Crippen LogP contribution is -2.29. The average molecular weight is 252 g/mol. The third-order valence-electron chi connectivity index (χ3n) is 3.52. The molecule has 0 aromatic carbocycles. The lowest BCUT2D eigenvalue weighted by atomic mass is 10.3. The zero-order chi connectivity index (χ0) is 11.8. The van der Waals surface area contributed by atoms with Crippen molar-refractivity contribution in [2.75, 3.05) is 23.7 Å². The van der Waals surface area contributed by atoms with Gasteiger partial charge in [0.05, 0.1) is 5.69 Å². The van der Waals surface area contributed by atoms with Crippen molar-refractivity contribution in [2.24, 2.45) is 11.8 Å². The normalized spacial score (nSPS) is 19.4. The number of nitrogen functional groups attached to an aromatic ring is 1. The zero-order valence-corrected chi connectivity index (χ0v) is 10.7. The van der Waals surface area contributed by atoms with Crippen molar-refractivity contribution in [1.29, 1.82) is 0 Å². The molecule has 92 valence electrons. The van der Waals surface area contributed by atoms with E-state index in [1.54, 1.807) is 6.07 Å². The lowest BCUT2D eigenvalue weighted by molar-refractivity contribution is 0.672. The van der Waals surface area contributed by atoms with Gasteiger partial charge in [-0.25, -0.2) is 4.98 Å². The van der Waals surface area contributed by atoms with Gasteiger partial charge in [0.25, 0.3) is 0 Å². The summed E-state index contributed by atoms with van der Waals surface area (Å²) in [5.74, 6) is 2.57. The highest BCUT2D eigenvalue weighted by molar-refractivity contribution is 6.29. The molecule has 0 radical (unpaired) electrons. The molecule has 2 aliphatic carbocycles. The highest BCUT2D eigenvalue weighted by Crippen LogP contribution is 2.36. The van der Waals surface area contributed by atoms with E-state index >= 15 is 0 Å². The molecule has 0 atom stereocenters. The van der Waals surface area contributed by atoms with Gasteiger partial charge < -0.3 is 10.6 Å². The summed E-state index contributed by atoms with van der Waals surface area (Å²) in [5.41, 5.74) is 6.77. The summed E-state index contributed by atoms with van der Waals surface area (Å²) in [5, 5.41) is 0.533. The van der Waals surface area contributed by atoms with Crippen LogP contribution in [0.3, 0.4) is 0 Å². The van der Waals surface area contributed by atoms with Crippen molar-refractivity contribution in [3.8, 4) is 0 Å². The number of hydrogen-bond donors (Lipinski definition) is 1. The Morgan fingerprint density at radius 2 is 1.76 bits per heavy atom. The predicted molar refractivity (Wildman–Crippen MR) is 71.3 cm³/mol. The summed E-state index contributed by atoms with van der Waals surface area (Å²) >= 11 is 5.97. The second-order valence-electron chi connectivity index (χ2n) is 5.34. The Bertz CT molecular complexity index is 399. The molecule has 0 aliphatic heterocycles. The quantitative estimate of drug-likeness (QED) is 0.819. The SMILES string of the molecule is Nc1ccc(Cl)nc1N(CC1CC1)CC1CC1. The molecule has 0 unspecified atom stereocenters. The van der Waals surface area contributed by atoms with E-state index in [0.29, 0.717) is 5.15 Å². The highest BCUT2D eigenvalue weighted by atomic mass is 35.5. The maximum atomic E-state index is 6.02. The number of nitrogens with zero attached hydrogens (tertiary/aromatic N) is 2. The fourth-order valence-electron chi connectivity index (χ4n) is 2.16. The van der Waals surface area contributed by atoms with Crippen molar-refractivity contribution in [2.45, 2.75) is 25.7 Å². The third kappa shape index (κ3) is 2.83. The maximum absolute atomic E-state index is 6.02. The molecule has 1 aromatic heterocycles. The van der Waals surface area contributed by atoms with Crippen LogP contribution >= 0.6 is 11.6 Å². The van der Waals surface area contributed by atoms with Crippen LogP contribution in [0, 0.1) is 11.8 Å². The molecule has 3 nitrogen and oxygen atoms in total. The molecule has 0 amide bonds. The molecule has 1 aromatic rings. The van der Waals surface area contributed by atoms with Crippen molar-refractivity contribution >= 4 is 23.1 Å². The topological polar surface area (TPSA) is 42.1 Å². The Kier molecular flexibility index (Phi) is 2.87. The molecular formula is C13H18ClN3. The first-order chi connectivity index (χ1) is 8.22. The average Bonchev–Trinajstić information content (AvgIpc) is 3.15. The van der Waals surface area contributed by atoms with Crippen LogP contribution in [-0.2, 0) is 0 Å². The van der Waals surface area contributed by atoms with Crippen LogP contribution in [0.5, 0.6) is 0 Å². The predicted octanol–water partition coefficient (Wildman–Crippen LogP) is 2.94. The largest absolute Gasteiger partial charge is 0.396 e. The number of hydrogen-bond acceptors (Lipinski definition) is 3. The zero-order valence-electron chi connectivity index (χ0n) is 9.90. The number of aromatic nitrogens is 1. The number of halogens is 1. The summed E-state index contributed by atoms with van der Waals surface area (Å²) in [6.07, 6.45) is 5.40. The summed E-state index contributed by atoms with van der Waals surface area (Å²) in [4.78, 5) is 6.74. The van der Waals surface area contributed by atoms with E-state index in [1.807, 2.05) is 6.07 Å². The molecule has 0 bridgehead atoms. The fourth-order valence-corrected chi connectivity index (χ4v) is 2.30. The summed E-state index contributed by atoms with van der Waals surface area (Å²) in [7, 11) is 0. The third-order valence-corrected chi connectivity index (χ3v) is 3.73. The van der Waals surface area contributed by atoms with E-state index < -0.39 is 0 Å². The summed E-state index contributed by atoms with van der Waals surface area (Å²) in [6.45, 7) is 2.18. The molecular weight excluding hydrogens is 234 g/mol. The molecule has 4 heteroatoms. The van der Waals surface area contributed by atoms with Crippen molar-refractivity contribution in [3.63, 3.8) is 0 Å². The Morgan fingerprint density at radius 3 is 2.29 bits per heavy atom. The van der Waals surface area contributed by atoms with Crippen LogP contribution in [0.4, 0.5) is 11.5 Å². The Labute approximate surface area is 107 Å². The highest BCUT2D eigenvalue weighted by Gasteiger charge is 2.30. The molecule has 2 N–H and O–H groups in total. The van der Waals surface area contributed by atoms with Gasteiger partial charge in [-0.05, 0) is 49.7 Å². The van der Waals surface area contributed by atoms with Gasteiger partial charge in [-0.3, -0.25) is 0 Å². The van der Waals surface area contributed by atoms with E-state index in [9.17, 15) is 0 Å². The molecule has 1 heterocycles. The maximum Gasteiger partial charge on any atom is 0.153 e. The van der Waals surface area contributed by atoms with Crippen LogP contribution in [0.15, 0.2) is 12.1 Å². The number of rotatable bonds is 5. The molecule has 0 spiro atoms. The van der Waals surface area contributed by atoms with Gasteiger partial charge >= 0.3 is 0 Å². The molecule has 3 rings (SSSR count). The van der Waals surface area contributed by atoms with Crippen molar-refractivity contribution in [3.05, 3.63) is 17.3 Å². The minimum Gasteiger partial charge on any atom is -0.396 e. The smallest absolute Gasteiger partial charge is 0.153 e. The van der Waals surface area contributed by atoms with E-state index in [1.165, 1.54) is 25.7 Å². The van der Waals surface area contributed by atoms with Crippen molar-refractivity contribution < 1.29 is 0 Å². The Balaban J connectivity index is 1.80. The monoisotopic (exact) mass is 251 g/mol. The van der Waals surface area contributed by atoms with Crippen LogP contribution in [0.1, 0.15) is 25.7 Å². The van der Waals surface area contributed by atoms with Crippen LogP contribution < -0.4 is 10.6 Å². The second-order valence-corrected chi connectivity index (χ2v) is 5.73. The number of nitrogens with two attached hydrogens (primary N) is 1. The Morgan fingerprint density at radius 1 is 1.18 bits per heavy atom. The molecule has 2 aliphatic rings. The standard InChI is InChI=1S/C13H18ClN3/c14-12-6-5-11(15)13(16-12)17(7-9-1-2-9)8-10-3-4-10/h5-6,9-10H,1-4,7-8,15H2. The van der Waals surface area contributed by atoms with Crippen LogP contribution in [-0.4, -0.2) is 18.1 Å². The fraction of sp³-hybridized carbons (Fsp3) is 0.615. The van der Waals surface area contributed by atoms with Crippen LogP contribution in [0.25, 0.3) is 0 Å². The summed E-state index contributed by atoms with van der Waals surface area (Å²) < 4.78 is 0.